The van der Waals surface area contributed by atoms with Crippen LogP contribution >= 0.6 is 0 Å². The number of hydrogen-bond donors (Lipinski definition) is 4. The van der Waals surface area contributed by atoms with Gasteiger partial charge in [-0.1, -0.05) is 12.2 Å². The van der Waals surface area contributed by atoms with E-state index >= 15 is 0 Å². The predicted octanol–water partition coefficient (Wildman–Crippen LogP) is 1.33. The molecule has 0 fully saturated rings. The minimum Gasteiger partial charge on any atom is -0.358 e. The number of amides is 2. The van der Waals surface area contributed by atoms with Crippen molar-refractivity contribution in [1.82, 2.24) is 21.3 Å². The Morgan fingerprint density at radius 1 is 0.750 bits per heavy atom. The van der Waals surface area contributed by atoms with Crippen molar-refractivity contribution in [2.75, 3.05) is 28.2 Å². The maximum absolute atomic E-state index is 11.8. The number of unbranched alkanes of at least 4 members (excludes halogenated alkanes) is 2. The summed E-state index contributed by atoms with van der Waals surface area (Å²) in [5.41, 5.74) is -1.02. The molecule has 4 N–H and O–H groups in total. The lowest BCUT2D eigenvalue weighted by molar-refractivity contribution is -0.127. The highest BCUT2D eigenvalue weighted by Crippen LogP contribution is 2.16. The van der Waals surface area contributed by atoms with E-state index in [1.54, 1.807) is 14.1 Å². The zero-order valence-electron chi connectivity index (χ0n) is 16.2. The molecule has 6 nitrogen and oxygen atoms in total. The van der Waals surface area contributed by atoms with Crippen molar-refractivity contribution in [3.8, 4) is 0 Å². The second kappa shape index (κ2) is 11.2. The second-order valence-corrected chi connectivity index (χ2v) is 6.58. The quantitative estimate of drug-likeness (QED) is 0.319. The van der Waals surface area contributed by atoms with Crippen LogP contribution in [0.4, 0.5) is 0 Å². The third-order valence-electron chi connectivity index (χ3n) is 4.82. The lowest BCUT2D eigenvalue weighted by Crippen LogP contribution is -2.52. The summed E-state index contributed by atoms with van der Waals surface area (Å²) in [6, 6.07) is 0. The fourth-order valence-corrected chi connectivity index (χ4v) is 2.64. The molecule has 0 heterocycles. The summed E-state index contributed by atoms with van der Waals surface area (Å²) in [5.74, 6) is 0.0454. The van der Waals surface area contributed by atoms with Crippen molar-refractivity contribution in [3.05, 3.63) is 12.2 Å². The van der Waals surface area contributed by atoms with Gasteiger partial charge in [-0.15, -0.1) is 0 Å². The Hall–Kier alpha value is -1.40. The highest BCUT2D eigenvalue weighted by atomic mass is 16.2. The number of hydrogen-bond acceptors (Lipinski definition) is 4. The Labute approximate surface area is 147 Å². The summed E-state index contributed by atoms with van der Waals surface area (Å²) >= 11 is 0. The largest absolute Gasteiger partial charge is 0.358 e. The zero-order chi connectivity index (χ0) is 18.6. The van der Waals surface area contributed by atoms with E-state index in [1.807, 2.05) is 27.9 Å². The summed E-state index contributed by atoms with van der Waals surface area (Å²) in [4.78, 5) is 23.7. The molecule has 0 aromatic rings. The van der Waals surface area contributed by atoms with E-state index < -0.39 is 11.1 Å². The van der Waals surface area contributed by atoms with Crippen LogP contribution in [0.5, 0.6) is 0 Å². The SMILES string of the molecule is CNC(=O)[C@](C)(CCC/C=C/CCC[C@](C)(NC)C(=O)NC)NC. The van der Waals surface area contributed by atoms with Gasteiger partial charge in [0.25, 0.3) is 0 Å². The molecule has 0 bridgehead atoms. The van der Waals surface area contributed by atoms with E-state index in [1.165, 1.54) is 0 Å². The molecule has 0 saturated carbocycles. The van der Waals surface area contributed by atoms with Gasteiger partial charge in [0.05, 0.1) is 11.1 Å². The number of carbonyl (C=O) groups is 2. The van der Waals surface area contributed by atoms with Gasteiger partial charge in [0.15, 0.2) is 0 Å². The maximum atomic E-state index is 11.8. The van der Waals surface area contributed by atoms with Crippen molar-refractivity contribution < 1.29 is 9.59 Å². The van der Waals surface area contributed by atoms with Gasteiger partial charge < -0.3 is 21.3 Å². The fourth-order valence-electron chi connectivity index (χ4n) is 2.64. The molecule has 0 aliphatic heterocycles. The first-order valence-corrected chi connectivity index (χ1v) is 8.77. The van der Waals surface area contributed by atoms with E-state index in [0.717, 1.165) is 38.5 Å². The third kappa shape index (κ3) is 7.01. The van der Waals surface area contributed by atoms with Crippen molar-refractivity contribution in [1.29, 1.82) is 0 Å². The number of nitrogens with one attached hydrogen (secondary N) is 4. The maximum Gasteiger partial charge on any atom is 0.239 e. The highest BCUT2D eigenvalue weighted by Gasteiger charge is 2.30. The van der Waals surface area contributed by atoms with Crippen LogP contribution in [0.2, 0.25) is 0 Å². The fraction of sp³-hybridized carbons (Fsp3) is 0.778. The Balaban J connectivity index is 4.07. The Bertz CT molecular complexity index is 387. The highest BCUT2D eigenvalue weighted by molar-refractivity contribution is 5.85. The lowest BCUT2D eigenvalue weighted by Gasteiger charge is -2.27. The van der Waals surface area contributed by atoms with Gasteiger partial charge in [-0.3, -0.25) is 9.59 Å². The van der Waals surface area contributed by atoms with Crippen LogP contribution in [-0.4, -0.2) is 51.1 Å². The molecule has 6 heteroatoms. The first-order chi connectivity index (χ1) is 11.3. The second-order valence-electron chi connectivity index (χ2n) is 6.58. The van der Waals surface area contributed by atoms with Crippen LogP contribution < -0.4 is 21.3 Å². The molecule has 0 unspecified atom stereocenters. The monoisotopic (exact) mass is 340 g/mol. The molecule has 0 aromatic carbocycles. The topological polar surface area (TPSA) is 82.3 Å². The molecule has 2 amide bonds. The smallest absolute Gasteiger partial charge is 0.239 e. The van der Waals surface area contributed by atoms with E-state index in [0.29, 0.717) is 0 Å². The van der Waals surface area contributed by atoms with E-state index in [2.05, 4.69) is 33.4 Å². The minimum absolute atomic E-state index is 0.0227. The molecular weight excluding hydrogens is 304 g/mol. The molecule has 0 spiro atoms. The molecule has 24 heavy (non-hydrogen) atoms. The van der Waals surface area contributed by atoms with Crippen molar-refractivity contribution >= 4 is 11.8 Å². The average molecular weight is 341 g/mol. The lowest BCUT2D eigenvalue weighted by atomic mass is 9.93. The van der Waals surface area contributed by atoms with E-state index in [9.17, 15) is 9.59 Å². The van der Waals surface area contributed by atoms with Gasteiger partial charge in [-0.05, 0) is 66.5 Å². The molecule has 0 rings (SSSR count). The summed E-state index contributed by atoms with van der Waals surface area (Å²) in [5, 5.41) is 11.6. The summed E-state index contributed by atoms with van der Waals surface area (Å²) in [6.07, 6.45) is 9.72. The molecule has 0 aliphatic carbocycles. The number of carbonyl (C=O) groups excluding carboxylic acids is 2. The van der Waals surface area contributed by atoms with Crippen LogP contribution in [0.25, 0.3) is 0 Å². The third-order valence-corrected chi connectivity index (χ3v) is 4.82. The number of allylic oxidation sites excluding steroid dienone is 2. The molecule has 140 valence electrons. The molecule has 2 atom stereocenters. The Morgan fingerprint density at radius 2 is 1.08 bits per heavy atom. The normalized spacial score (nSPS) is 16.4. The van der Waals surface area contributed by atoms with Gasteiger partial charge in [-0.2, -0.15) is 0 Å². The first kappa shape index (κ1) is 22.6. The van der Waals surface area contributed by atoms with Crippen molar-refractivity contribution in [2.24, 2.45) is 0 Å². The van der Waals surface area contributed by atoms with Crippen LogP contribution in [0.1, 0.15) is 52.4 Å². The van der Waals surface area contributed by atoms with Crippen molar-refractivity contribution in [3.63, 3.8) is 0 Å². The molecule has 0 aromatic heterocycles. The van der Waals surface area contributed by atoms with Gasteiger partial charge in [0, 0.05) is 14.1 Å². The first-order valence-electron chi connectivity index (χ1n) is 8.77. The summed E-state index contributed by atoms with van der Waals surface area (Å²) in [6.45, 7) is 3.85. The van der Waals surface area contributed by atoms with Crippen LogP contribution in [0.15, 0.2) is 12.2 Å². The van der Waals surface area contributed by atoms with Crippen molar-refractivity contribution in [2.45, 2.75) is 63.5 Å². The van der Waals surface area contributed by atoms with Gasteiger partial charge >= 0.3 is 0 Å². The average Bonchev–Trinajstić information content (AvgIpc) is 2.61. The summed E-state index contributed by atoms with van der Waals surface area (Å²) < 4.78 is 0. The zero-order valence-corrected chi connectivity index (χ0v) is 16.2. The molecule has 0 saturated heterocycles. The Morgan fingerprint density at radius 3 is 1.33 bits per heavy atom. The Kier molecular flexibility index (Phi) is 10.6. The van der Waals surface area contributed by atoms with Crippen LogP contribution in [0, 0.1) is 0 Å². The number of rotatable bonds is 12. The van der Waals surface area contributed by atoms with Crippen LogP contribution in [0.3, 0.4) is 0 Å². The van der Waals surface area contributed by atoms with Crippen LogP contribution in [-0.2, 0) is 9.59 Å². The number of likely N-dealkylation sites (N-methyl/N-ethyl adjacent to an activating group) is 4. The van der Waals surface area contributed by atoms with Gasteiger partial charge in [-0.25, -0.2) is 0 Å². The van der Waals surface area contributed by atoms with E-state index in [4.69, 9.17) is 0 Å². The standard InChI is InChI=1S/C18H36N4O2/c1-17(21-5,15(23)19-3)13-11-9-7-8-10-12-14-18(2,22-6)16(24)20-4/h7-8,21-22H,9-14H2,1-6H3,(H,19,23)(H,20,24)/b8-7+/t17-,18-/m0/s1. The minimum atomic E-state index is -0.509. The van der Waals surface area contributed by atoms with Gasteiger partial charge in [0.2, 0.25) is 11.8 Å². The predicted molar refractivity (Wildman–Crippen MR) is 99.9 cm³/mol. The molecule has 0 aliphatic rings. The molecular formula is C18H36N4O2. The van der Waals surface area contributed by atoms with E-state index in [-0.39, 0.29) is 11.8 Å². The van der Waals surface area contributed by atoms with Gasteiger partial charge in [0.1, 0.15) is 0 Å². The molecule has 0 radical (unpaired) electrons. The summed E-state index contributed by atoms with van der Waals surface area (Å²) in [7, 11) is 6.96.